The summed E-state index contributed by atoms with van der Waals surface area (Å²) >= 11 is 0. The van der Waals surface area contributed by atoms with Gasteiger partial charge in [0, 0.05) is 12.5 Å². The maximum absolute atomic E-state index is 11.4. The topological polar surface area (TPSA) is 75.7 Å². The molecule has 6 heteroatoms. The molecule has 1 aromatic carbocycles. The number of carbonyl (C=O) groups excluding carboxylic acids is 1. The van der Waals surface area contributed by atoms with Gasteiger partial charge in [0.15, 0.2) is 0 Å². The van der Waals surface area contributed by atoms with Crippen LogP contribution in [0, 0.1) is 0 Å². The van der Waals surface area contributed by atoms with Gasteiger partial charge in [-0.05, 0) is 12.1 Å². The van der Waals surface area contributed by atoms with Crippen molar-refractivity contribution in [2.45, 2.75) is 0 Å². The number of carbonyl (C=O) groups is 1. The molecular formula is C14H18N2O4. The number of rotatable bonds is 8. The van der Waals surface area contributed by atoms with E-state index in [1.165, 1.54) is 4.73 Å². The lowest BCUT2D eigenvalue weighted by atomic mass is 10.2. The van der Waals surface area contributed by atoms with E-state index < -0.39 is 5.91 Å². The molecule has 0 atom stereocenters. The van der Waals surface area contributed by atoms with E-state index in [1.54, 1.807) is 13.2 Å². The first-order valence-electron chi connectivity index (χ1n) is 6.34. The predicted octanol–water partition coefficient (Wildman–Crippen LogP) is 0.832. The molecule has 0 aliphatic carbocycles. The number of primary amides is 1. The van der Waals surface area contributed by atoms with E-state index in [0.29, 0.717) is 32.1 Å². The van der Waals surface area contributed by atoms with E-state index in [-0.39, 0.29) is 0 Å². The molecule has 2 aromatic rings. The molecule has 108 valence electrons. The van der Waals surface area contributed by atoms with Crippen LogP contribution >= 0.6 is 0 Å². The molecule has 0 unspecified atom stereocenters. The first-order valence-corrected chi connectivity index (χ1v) is 6.34. The summed E-state index contributed by atoms with van der Waals surface area (Å²) in [6.07, 6.45) is 0. The molecule has 6 nitrogen and oxygen atoms in total. The maximum atomic E-state index is 11.4. The van der Waals surface area contributed by atoms with Gasteiger partial charge in [-0.15, -0.1) is 0 Å². The fourth-order valence-corrected chi connectivity index (χ4v) is 1.87. The fourth-order valence-electron chi connectivity index (χ4n) is 1.87. The first-order chi connectivity index (χ1) is 9.74. The lowest BCUT2D eigenvalue weighted by Crippen LogP contribution is -2.24. The number of methoxy groups -OCH3 is 1. The lowest BCUT2D eigenvalue weighted by molar-refractivity contribution is 0.0205. The Morgan fingerprint density at radius 3 is 2.70 bits per heavy atom. The number of hydrogen-bond acceptors (Lipinski definition) is 4. The fraction of sp³-hybridized carbons (Fsp3) is 0.357. The third kappa shape index (κ3) is 3.28. The van der Waals surface area contributed by atoms with E-state index in [9.17, 15) is 4.79 Å². The van der Waals surface area contributed by atoms with Crippen molar-refractivity contribution in [3.63, 3.8) is 0 Å². The highest BCUT2D eigenvalue weighted by Gasteiger charge is 2.13. The monoisotopic (exact) mass is 278 g/mol. The molecule has 0 bridgehead atoms. The van der Waals surface area contributed by atoms with Crippen LogP contribution < -0.4 is 10.6 Å². The quantitative estimate of drug-likeness (QED) is 0.726. The zero-order chi connectivity index (χ0) is 14.4. The Kier molecular flexibility index (Phi) is 4.97. The highest BCUT2D eigenvalue weighted by molar-refractivity contribution is 5.97. The van der Waals surface area contributed by atoms with Crippen LogP contribution in [0.1, 0.15) is 10.5 Å². The second-order valence-corrected chi connectivity index (χ2v) is 4.19. The van der Waals surface area contributed by atoms with Gasteiger partial charge in [-0.25, -0.2) is 0 Å². The number of fused-ring (bicyclic) bond motifs is 1. The van der Waals surface area contributed by atoms with E-state index >= 15 is 0 Å². The molecule has 0 saturated heterocycles. The number of ether oxygens (including phenoxy) is 2. The Morgan fingerprint density at radius 1 is 1.20 bits per heavy atom. The SMILES string of the molecule is COCCOCCOn1c(C(N)=O)cc2ccccc21. The van der Waals surface area contributed by atoms with Gasteiger partial charge in [0.1, 0.15) is 12.3 Å². The number of nitrogens with two attached hydrogens (primary N) is 1. The summed E-state index contributed by atoms with van der Waals surface area (Å²) in [5.41, 5.74) is 6.49. The summed E-state index contributed by atoms with van der Waals surface area (Å²) in [6.45, 7) is 1.78. The molecule has 20 heavy (non-hydrogen) atoms. The molecule has 0 saturated carbocycles. The molecule has 0 aliphatic rings. The van der Waals surface area contributed by atoms with Crippen molar-refractivity contribution in [3.8, 4) is 0 Å². The molecule has 1 aromatic heterocycles. The summed E-state index contributed by atoms with van der Waals surface area (Å²) in [5.74, 6) is -0.526. The number of nitrogens with zero attached hydrogens (tertiary/aromatic N) is 1. The lowest BCUT2D eigenvalue weighted by Gasteiger charge is -2.11. The van der Waals surface area contributed by atoms with Gasteiger partial charge >= 0.3 is 0 Å². The molecule has 0 aliphatic heterocycles. The predicted molar refractivity (Wildman–Crippen MR) is 74.6 cm³/mol. The third-order valence-electron chi connectivity index (χ3n) is 2.80. The van der Waals surface area contributed by atoms with Crippen LogP contribution in [0.4, 0.5) is 0 Å². The molecule has 2 N–H and O–H groups in total. The van der Waals surface area contributed by atoms with Crippen LogP contribution in [0.25, 0.3) is 10.9 Å². The van der Waals surface area contributed by atoms with Crippen LogP contribution in [0.5, 0.6) is 0 Å². The Bertz CT molecular complexity index is 580. The second kappa shape index (κ2) is 6.93. The Hall–Kier alpha value is -2.05. The smallest absolute Gasteiger partial charge is 0.268 e. The maximum Gasteiger partial charge on any atom is 0.268 e. The van der Waals surface area contributed by atoms with Crippen LogP contribution in [0.15, 0.2) is 30.3 Å². The molecule has 0 fully saturated rings. The zero-order valence-corrected chi connectivity index (χ0v) is 11.4. The zero-order valence-electron chi connectivity index (χ0n) is 11.4. The van der Waals surface area contributed by atoms with E-state index in [2.05, 4.69) is 0 Å². The van der Waals surface area contributed by atoms with Crippen LogP contribution in [0.2, 0.25) is 0 Å². The second-order valence-electron chi connectivity index (χ2n) is 4.19. The van der Waals surface area contributed by atoms with Gasteiger partial charge in [-0.3, -0.25) is 4.79 Å². The summed E-state index contributed by atoms with van der Waals surface area (Å²) in [5, 5.41) is 0.904. The van der Waals surface area contributed by atoms with Crippen LogP contribution in [0.3, 0.4) is 0 Å². The van der Waals surface area contributed by atoms with E-state index in [4.69, 9.17) is 20.0 Å². The van der Waals surface area contributed by atoms with E-state index in [1.807, 2.05) is 24.3 Å². The van der Waals surface area contributed by atoms with Crippen molar-refractivity contribution < 1.29 is 19.1 Å². The standard InChI is InChI=1S/C14H18N2O4/c1-18-6-7-19-8-9-20-16-12-5-3-2-4-11(12)10-13(16)14(15)17/h2-5,10H,6-9H2,1H3,(H2,15,17). The molecule has 0 radical (unpaired) electrons. The largest absolute Gasteiger partial charge is 0.411 e. The highest BCUT2D eigenvalue weighted by Crippen LogP contribution is 2.18. The summed E-state index contributed by atoms with van der Waals surface area (Å²) < 4.78 is 11.6. The van der Waals surface area contributed by atoms with Crippen LogP contribution in [-0.4, -0.2) is 44.2 Å². The van der Waals surface area contributed by atoms with Gasteiger partial charge < -0.3 is 20.0 Å². The summed E-state index contributed by atoms with van der Waals surface area (Å²) in [6, 6.07) is 9.25. The molecule has 1 amide bonds. The van der Waals surface area contributed by atoms with Crippen molar-refractivity contribution >= 4 is 16.8 Å². The number of para-hydroxylation sites is 1. The van der Waals surface area contributed by atoms with E-state index in [0.717, 1.165) is 10.9 Å². The van der Waals surface area contributed by atoms with Crippen molar-refractivity contribution in [2.75, 3.05) is 33.5 Å². The summed E-state index contributed by atoms with van der Waals surface area (Å²) in [4.78, 5) is 17.0. The van der Waals surface area contributed by atoms with Gasteiger partial charge in [-0.1, -0.05) is 18.2 Å². The number of benzene rings is 1. The number of hydrogen-bond donors (Lipinski definition) is 1. The average molecular weight is 278 g/mol. The minimum atomic E-state index is -0.526. The van der Waals surface area contributed by atoms with Gasteiger partial charge in [0.2, 0.25) is 0 Å². The van der Waals surface area contributed by atoms with Gasteiger partial charge in [0.25, 0.3) is 5.91 Å². The average Bonchev–Trinajstić information content (AvgIpc) is 2.82. The number of amides is 1. The molecule has 1 heterocycles. The Balaban J connectivity index is 2.04. The van der Waals surface area contributed by atoms with Gasteiger partial charge in [0.05, 0.1) is 25.3 Å². The van der Waals surface area contributed by atoms with Crippen molar-refractivity contribution in [1.82, 2.24) is 4.73 Å². The van der Waals surface area contributed by atoms with Crippen LogP contribution in [-0.2, 0) is 9.47 Å². The van der Waals surface area contributed by atoms with Gasteiger partial charge in [-0.2, -0.15) is 4.73 Å². The Morgan fingerprint density at radius 2 is 1.95 bits per heavy atom. The molecule has 0 spiro atoms. The normalized spacial score (nSPS) is 10.8. The third-order valence-corrected chi connectivity index (χ3v) is 2.80. The van der Waals surface area contributed by atoms with Crippen molar-refractivity contribution in [2.24, 2.45) is 5.73 Å². The Labute approximate surface area is 117 Å². The first kappa shape index (κ1) is 14.4. The minimum absolute atomic E-state index is 0.322. The molecule has 2 rings (SSSR count). The minimum Gasteiger partial charge on any atom is -0.411 e. The van der Waals surface area contributed by atoms with Crippen molar-refractivity contribution in [1.29, 1.82) is 0 Å². The number of aromatic nitrogens is 1. The highest BCUT2D eigenvalue weighted by atomic mass is 16.7. The summed E-state index contributed by atoms with van der Waals surface area (Å²) in [7, 11) is 1.62. The van der Waals surface area contributed by atoms with Crippen molar-refractivity contribution in [3.05, 3.63) is 36.0 Å². The molecular weight excluding hydrogens is 260 g/mol.